The molecule has 1 amide bonds. The number of amides is 1. The van der Waals surface area contributed by atoms with Crippen molar-refractivity contribution >= 4 is 5.91 Å². The molecule has 194 valence electrons. The van der Waals surface area contributed by atoms with E-state index in [0.717, 1.165) is 64.0 Å². The Balaban J connectivity index is 1.25. The maximum Gasteiger partial charge on any atom is 0.416 e. The van der Waals surface area contributed by atoms with Crippen LogP contribution in [-0.4, -0.2) is 77.8 Å². The van der Waals surface area contributed by atoms with E-state index in [1.54, 1.807) is 0 Å². The van der Waals surface area contributed by atoms with Crippen molar-refractivity contribution in [3.05, 3.63) is 29.3 Å². The van der Waals surface area contributed by atoms with Crippen LogP contribution in [0.1, 0.15) is 57.1 Å². The van der Waals surface area contributed by atoms with Gasteiger partial charge in [-0.15, -0.1) is 0 Å². The van der Waals surface area contributed by atoms with E-state index in [1.807, 2.05) is 0 Å². The zero-order valence-electron chi connectivity index (χ0n) is 20.6. The van der Waals surface area contributed by atoms with Crippen molar-refractivity contribution < 1.29 is 27.4 Å². The third-order valence-electron chi connectivity index (χ3n) is 8.22. The summed E-state index contributed by atoms with van der Waals surface area (Å²) in [5.74, 6) is 0.449. The molecule has 1 aliphatic carbocycles. The van der Waals surface area contributed by atoms with E-state index in [1.165, 1.54) is 11.0 Å². The molecular formula is C26H36F3N3O3. The molecule has 4 aliphatic rings. The predicted molar refractivity (Wildman–Crippen MR) is 125 cm³/mol. The van der Waals surface area contributed by atoms with Crippen LogP contribution in [0.25, 0.3) is 0 Å². The van der Waals surface area contributed by atoms with Gasteiger partial charge in [-0.25, -0.2) is 0 Å². The van der Waals surface area contributed by atoms with Crippen molar-refractivity contribution in [2.24, 2.45) is 5.92 Å². The number of rotatable bonds is 5. The van der Waals surface area contributed by atoms with Gasteiger partial charge in [-0.1, -0.05) is 6.92 Å². The highest BCUT2D eigenvalue weighted by Gasteiger charge is 2.56. The lowest BCUT2D eigenvalue weighted by molar-refractivity contribution is -0.181. The molecule has 3 atom stereocenters. The number of nitrogens with zero attached hydrogens (tertiary/aromatic N) is 3. The van der Waals surface area contributed by atoms with Crippen LogP contribution < -0.4 is 4.74 Å². The van der Waals surface area contributed by atoms with Gasteiger partial charge < -0.3 is 14.4 Å². The minimum absolute atomic E-state index is 0.0371. The Morgan fingerprint density at radius 3 is 2.63 bits per heavy atom. The number of hydrogen-bond donors (Lipinski definition) is 0. The summed E-state index contributed by atoms with van der Waals surface area (Å²) >= 11 is 0. The maximum absolute atomic E-state index is 13.8. The second-order valence-corrected chi connectivity index (χ2v) is 10.6. The second kappa shape index (κ2) is 9.56. The third kappa shape index (κ3) is 4.91. The smallest absolute Gasteiger partial charge is 0.416 e. The summed E-state index contributed by atoms with van der Waals surface area (Å²) < 4.78 is 51.8. The fraction of sp³-hybridized carbons (Fsp3) is 0.731. The van der Waals surface area contributed by atoms with E-state index in [2.05, 4.69) is 23.6 Å². The molecule has 3 heterocycles. The van der Waals surface area contributed by atoms with E-state index < -0.39 is 17.3 Å². The van der Waals surface area contributed by atoms with E-state index >= 15 is 0 Å². The number of alkyl halides is 3. The summed E-state index contributed by atoms with van der Waals surface area (Å²) in [5, 5.41) is 0. The Morgan fingerprint density at radius 1 is 1.20 bits per heavy atom. The summed E-state index contributed by atoms with van der Waals surface area (Å²) in [6, 6.07) is 4.27. The van der Waals surface area contributed by atoms with Crippen molar-refractivity contribution in [2.75, 3.05) is 39.5 Å². The molecule has 35 heavy (non-hydrogen) atoms. The van der Waals surface area contributed by atoms with Gasteiger partial charge in [0, 0.05) is 37.3 Å². The van der Waals surface area contributed by atoms with Crippen molar-refractivity contribution in [3.8, 4) is 5.75 Å². The largest absolute Gasteiger partial charge is 0.473 e. The topological polar surface area (TPSA) is 45.2 Å². The fourth-order valence-electron chi connectivity index (χ4n) is 6.08. The summed E-state index contributed by atoms with van der Waals surface area (Å²) in [7, 11) is 0. The normalized spacial score (nSPS) is 30.6. The molecule has 0 radical (unpaired) electrons. The molecule has 2 saturated heterocycles. The molecule has 0 bridgehead atoms. The van der Waals surface area contributed by atoms with Crippen LogP contribution >= 0.6 is 0 Å². The fourth-order valence-corrected chi connectivity index (χ4v) is 6.08. The van der Waals surface area contributed by atoms with Gasteiger partial charge in [0.05, 0.1) is 18.7 Å². The van der Waals surface area contributed by atoms with Gasteiger partial charge in [-0.3, -0.25) is 14.6 Å². The van der Waals surface area contributed by atoms with Crippen LogP contribution in [0.15, 0.2) is 18.2 Å². The zero-order valence-corrected chi connectivity index (χ0v) is 20.6. The molecule has 5 rings (SSSR count). The summed E-state index contributed by atoms with van der Waals surface area (Å²) in [4.78, 5) is 20.4. The average Bonchev–Trinajstić information content (AvgIpc) is 3.70. The van der Waals surface area contributed by atoms with E-state index in [0.29, 0.717) is 36.4 Å². The molecule has 0 spiro atoms. The van der Waals surface area contributed by atoms with Crippen LogP contribution in [-0.2, 0) is 22.3 Å². The number of ether oxygens (including phenoxy) is 2. The molecule has 3 fully saturated rings. The van der Waals surface area contributed by atoms with E-state index in [-0.39, 0.29) is 25.1 Å². The van der Waals surface area contributed by atoms with Crippen LogP contribution in [0, 0.1) is 5.92 Å². The highest BCUT2D eigenvalue weighted by molar-refractivity contribution is 5.86. The monoisotopic (exact) mass is 495 g/mol. The van der Waals surface area contributed by atoms with Gasteiger partial charge in [0.25, 0.3) is 5.91 Å². The van der Waals surface area contributed by atoms with Crippen molar-refractivity contribution in [2.45, 2.75) is 76.4 Å². The number of carbonyl (C=O) groups excluding carboxylic acids is 1. The van der Waals surface area contributed by atoms with Gasteiger partial charge in [0.15, 0.2) is 6.73 Å². The number of benzene rings is 1. The average molecular weight is 496 g/mol. The van der Waals surface area contributed by atoms with Crippen LogP contribution in [0.4, 0.5) is 13.2 Å². The first-order chi connectivity index (χ1) is 16.7. The number of piperazine rings is 1. The zero-order chi connectivity index (χ0) is 24.8. The Kier molecular flexibility index (Phi) is 6.78. The first-order valence-corrected chi connectivity index (χ1v) is 13.0. The molecule has 1 saturated carbocycles. The Hall–Kier alpha value is -1.84. The Bertz CT molecular complexity index is 928. The minimum Gasteiger partial charge on any atom is -0.473 e. The molecule has 0 N–H and O–H groups in total. The van der Waals surface area contributed by atoms with Gasteiger partial charge in [0.1, 0.15) is 11.4 Å². The molecule has 3 aliphatic heterocycles. The lowest BCUT2D eigenvalue weighted by atomic mass is 9.85. The van der Waals surface area contributed by atoms with Crippen LogP contribution in [0.2, 0.25) is 0 Å². The van der Waals surface area contributed by atoms with Crippen molar-refractivity contribution in [3.63, 3.8) is 0 Å². The minimum atomic E-state index is -4.43. The molecule has 6 nitrogen and oxygen atoms in total. The maximum atomic E-state index is 13.8. The third-order valence-corrected chi connectivity index (χ3v) is 8.22. The lowest BCUT2D eigenvalue weighted by Gasteiger charge is -2.48. The first kappa shape index (κ1) is 24.8. The molecule has 9 heteroatoms. The quantitative estimate of drug-likeness (QED) is 0.615. The van der Waals surface area contributed by atoms with Crippen molar-refractivity contribution in [1.29, 1.82) is 0 Å². The number of fused-ring (bicyclic) bond motifs is 1. The van der Waals surface area contributed by atoms with Crippen LogP contribution in [0.5, 0.6) is 5.75 Å². The highest BCUT2D eigenvalue weighted by atomic mass is 19.4. The highest BCUT2D eigenvalue weighted by Crippen LogP contribution is 2.48. The summed E-state index contributed by atoms with van der Waals surface area (Å²) in [6.07, 6.45) is 0.171. The number of carbonyl (C=O) groups is 1. The first-order valence-electron chi connectivity index (χ1n) is 13.0. The van der Waals surface area contributed by atoms with Crippen molar-refractivity contribution in [1.82, 2.24) is 14.7 Å². The van der Waals surface area contributed by atoms with E-state index in [4.69, 9.17) is 9.47 Å². The van der Waals surface area contributed by atoms with Crippen LogP contribution in [0.3, 0.4) is 0 Å². The standard InChI is InChI=1S/C26H36F3N3O3/c1-3-10-30-11-12-31(14-18(30)2)22-8-9-25(35-16-22,20-4-5-20)24(33)32-15-19-13-21(26(27,28)29)6-7-23(19)34-17-32/h6-7,13,18,20,22H,3-5,8-12,14-17H2,1-2H3/t18-,22+,25-/m0/s1. The number of hydrogen-bond acceptors (Lipinski definition) is 5. The second-order valence-electron chi connectivity index (χ2n) is 10.6. The predicted octanol–water partition coefficient (Wildman–Crippen LogP) is 4.13. The van der Waals surface area contributed by atoms with E-state index in [9.17, 15) is 18.0 Å². The molecule has 0 aromatic heterocycles. The Labute approximate surface area is 205 Å². The SMILES string of the molecule is CCCN1CCN([C@@H]2CC[C@@](C(=O)N3COc4ccc(C(F)(F)F)cc4C3)(C3CC3)OC2)C[C@@H]1C. The molecule has 1 aromatic rings. The van der Waals surface area contributed by atoms with Gasteiger partial charge in [-0.05, 0) is 69.7 Å². The molecule has 0 unspecified atom stereocenters. The molecule has 1 aromatic carbocycles. The Morgan fingerprint density at radius 2 is 2.00 bits per heavy atom. The molecular weight excluding hydrogens is 459 g/mol. The number of halogens is 3. The van der Waals surface area contributed by atoms with Gasteiger partial charge in [-0.2, -0.15) is 13.2 Å². The van der Waals surface area contributed by atoms with Gasteiger partial charge >= 0.3 is 6.18 Å². The van der Waals surface area contributed by atoms with Gasteiger partial charge in [0.2, 0.25) is 0 Å². The lowest BCUT2D eigenvalue weighted by Crippen LogP contribution is -2.61. The summed E-state index contributed by atoms with van der Waals surface area (Å²) in [5.41, 5.74) is -1.22. The summed E-state index contributed by atoms with van der Waals surface area (Å²) in [6.45, 7) is 9.37.